The number of rotatable bonds is 10. The van der Waals surface area contributed by atoms with E-state index in [0.29, 0.717) is 5.56 Å². The molecule has 0 saturated carbocycles. The molecule has 2 heterocycles. The van der Waals surface area contributed by atoms with Crippen LogP contribution in [0.4, 0.5) is 0 Å². The third-order valence-electron chi connectivity index (χ3n) is 6.19. The molecule has 0 amide bonds. The Morgan fingerprint density at radius 2 is 1.61 bits per heavy atom. The lowest BCUT2D eigenvalue weighted by atomic mass is 9.99. The minimum atomic E-state index is -2.34. The van der Waals surface area contributed by atoms with Gasteiger partial charge in [-0.05, 0) is 23.8 Å². The predicted octanol–water partition coefficient (Wildman–Crippen LogP) is -3.41. The van der Waals surface area contributed by atoms with Crippen molar-refractivity contribution in [3.05, 3.63) is 23.8 Å². The Hall–Kier alpha value is -2.57. The molecule has 8 N–H and O–H groups in total. The second kappa shape index (κ2) is 12.5. The highest BCUT2D eigenvalue weighted by Gasteiger charge is 2.58. The van der Waals surface area contributed by atoms with Crippen LogP contribution in [0.2, 0.25) is 0 Å². The number of benzene rings is 1. The first-order valence-electron chi connectivity index (χ1n) is 11.4. The van der Waals surface area contributed by atoms with E-state index < -0.39 is 80.6 Å². The predicted molar refractivity (Wildman–Crippen MR) is 123 cm³/mol. The van der Waals surface area contributed by atoms with Gasteiger partial charge in [0.1, 0.15) is 55.9 Å². The summed E-state index contributed by atoms with van der Waals surface area (Å²) < 4.78 is 31.2. The van der Waals surface area contributed by atoms with E-state index in [2.05, 4.69) is 0 Å². The molecule has 0 bridgehead atoms. The van der Waals surface area contributed by atoms with E-state index in [1.165, 1.54) is 32.4 Å². The third kappa shape index (κ3) is 6.02. The van der Waals surface area contributed by atoms with Crippen LogP contribution in [0, 0.1) is 0 Å². The van der Waals surface area contributed by atoms with E-state index in [9.17, 15) is 45.6 Å². The lowest BCUT2D eigenvalue weighted by Gasteiger charge is -2.43. The quantitative estimate of drug-likeness (QED) is 0.105. The molecule has 9 atom stereocenters. The highest BCUT2D eigenvalue weighted by molar-refractivity contribution is 5.87. The molecule has 15 nitrogen and oxygen atoms in total. The standard InChI is InChI=1S/C23H32O15/c1-33-11-5-10(6-12(34-2)16(11)27)3-4-15(26)35-8-14-17(28)19(30)20(31)22(36-14)38-23(9-25)21(32)18(29)13(7-24)37-23/h3-6,13-14,17-22,24-25,27-32H,7-9H2,1-2H3/t13-,14-,17-,18-,19+,20-,21+,22-,23+/m1/s1. The van der Waals surface area contributed by atoms with Crippen LogP contribution in [0.5, 0.6) is 17.2 Å². The van der Waals surface area contributed by atoms with Crippen molar-refractivity contribution in [1.82, 2.24) is 0 Å². The van der Waals surface area contributed by atoms with Crippen LogP contribution < -0.4 is 9.47 Å². The number of aliphatic hydroxyl groups excluding tert-OH is 7. The summed E-state index contributed by atoms with van der Waals surface area (Å²) in [5.74, 6) is -3.25. The number of hydrogen-bond acceptors (Lipinski definition) is 15. The molecule has 2 aliphatic heterocycles. The Labute approximate surface area is 216 Å². The number of esters is 1. The maximum atomic E-state index is 12.3. The van der Waals surface area contributed by atoms with Gasteiger partial charge >= 0.3 is 5.97 Å². The van der Waals surface area contributed by atoms with Gasteiger partial charge in [-0.2, -0.15) is 0 Å². The molecular formula is C23H32O15. The first kappa shape index (κ1) is 30.0. The molecule has 0 spiro atoms. The van der Waals surface area contributed by atoms with Gasteiger partial charge in [-0.15, -0.1) is 0 Å². The molecule has 0 aromatic heterocycles. The number of aromatic hydroxyl groups is 1. The Morgan fingerprint density at radius 3 is 2.13 bits per heavy atom. The molecule has 2 saturated heterocycles. The number of carbonyl (C=O) groups is 1. The minimum absolute atomic E-state index is 0.101. The molecule has 3 rings (SSSR count). The molecule has 2 aliphatic rings. The molecule has 2 fully saturated rings. The normalized spacial score (nSPS) is 35.4. The van der Waals surface area contributed by atoms with E-state index in [1.807, 2.05) is 0 Å². The number of hydrogen-bond donors (Lipinski definition) is 8. The van der Waals surface area contributed by atoms with E-state index in [0.717, 1.165) is 6.08 Å². The van der Waals surface area contributed by atoms with Crippen LogP contribution in [0.1, 0.15) is 5.56 Å². The van der Waals surface area contributed by atoms with Crippen molar-refractivity contribution in [2.75, 3.05) is 34.0 Å². The number of aliphatic hydroxyl groups is 7. The maximum absolute atomic E-state index is 12.3. The number of phenols is 1. The summed E-state index contributed by atoms with van der Waals surface area (Å²) in [6.45, 7) is -2.38. The highest BCUT2D eigenvalue weighted by Crippen LogP contribution is 2.38. The monoisotopic (exact) mass is 548 g/mol. The van der Waals surface area contributed by atoms with Gasteiger partial charge in [-0.3, -0.25) is 0 Å². The van der Waals surface area contributed by atoms with Crippen LogP contribution >= 0.6 is 0 Å². The van der Waals surface area contributed by atoms with Crippen molar-refractivity contribution >= 4 is 12.0 Å². The topological polar surface area (TPSA) is 234 Å². The van der Waals surface area contributed by atoms with Gasteiger partial charge in [0.2, 0.25) is 11.5 Å². The molecular weight excluding hydrogens is 516 g/mol. The van der Waals surface area contributed by atoms with Crippen LogP contribution in [0.25, 0.3) is 6.08 Å². The third-order valence-corrected chi connectivity index (χ3v) is 6.19. The van der Waals surface area contributed by atoms with Crippen LogP contribution in [-0.2, 0) is 23.7 Å². The number of phenolic OH excluding ortho intramolecular Hbond substituents is 1. The molecule has 0 aliphatic carbocycles. The van der Waals surface area contributed by atoms with Crippen molar-refractivity contribution < 1.29 is 74.1 Å². The number of ether oxygens (including phenoxy) is 6. The lowest BCUT2D eigenvalue weighted by molar-refractivity contribution is -0.383. The van der Waals surface area contributed by atoms with E-state index in [1.54, 1.807) is 0 Å². The molecule has 0 radical (unpaired) electrons. The molecule has 1 aromatic rings. The summed E-state index contributed by atoms with van der Waals surface area (Å²) in [7, 11) is 2.67. The van der Waals surface area contributed by atoms with E-state index in [-0.39, 0.29) is 17.2 Å². The van der Waals surface area contributed by atoms with Crippen molar-refractivity contribution in [1.29, 1.82) is 0 Å². The summed E-state index contributed by atoms with van der Waals surface area (Å²) in [6.07, 6.45) is -11.2. The van der Waals surface area contributed by atoms with Gasteiger partial charge in [0.25, 0.3) is 0 Å². The van der Waals surface area contributed by atoms with E-state index in [4.69, 9.17) is 28.4 Å². The van der Waals surface area contributed by atoms with Gasteiger partial charge in [-0.1, -0.05) is 0 Å². The summed E-state index contributed by atoms with van der Waals surface area (Å²) in [5.41, 5.74) is 0.419. The summed E-state index contributed by atoms with van der Waals surface area (Å²) in [5, 5.41) is 80.2. The average Bonchev–Trinajstić information content (AvgIpc) is 3.16. The second-order valence-corrected chi connectivity index (χ2v) is 8.61. The van der Waals surface area contributed by atoms with E-state index >= 15 is 0 Å². The number of methoxy groups -OCH3 is 2. The van der Waals surface area contributed by atoms with Crippen molar-refractivity contribution in [3.8, 4) is 17.2 Å². The molecule has 1 aromatic carbocycles. The summed E-state index contributed by atoms with van der Waals surface area (Å²) >= 11 is 0. The van der Waals surface area contributed by atoms with Gasteiger partial charge < -0.3 is 69.3 Å². The fourth-order valence-corrected chi connectivity index (χ4v) is 4.00. The average molecular weight is 548 g/mol. The van der Waals surface area contributed by atoms with Gasteiger partial charge in [0, 0.05) is 6.08 Å². The van der Waals surface area contributed by atoms with Crippen molar-refractivity contribution in [2.45, 2.75) is 54.8 Å². The first-order valence-corrected chi connectivity index (χ1v) is 11.4. The van der Waals surface area contributed by atoms with Gasteiger partial charge in [0.05, 0.1) is 20.8 Å². The summed E-state index contributed by atoms with van der Waals surface area (Å²) in [4.78, 5) is 12.3. The lowest BCUT2D eigenvalue weighted by Crippen LogP contribution is -2.62. The molecule has 15 heteroatoms. The second-order valence-electron chi connectivity index (χ2n) is 8.61. The zero-order valence-corrected chi connectivity index (χ0v) is 20.5. The first-order chi connectivity index (χ1) is 18.0. The Kier molecular flexibility index (Phi) is 9.88. The zero-order valence-electron chi connectivity index (χ0n) is 20.5. The van der Waals surface area contributed by atoms with Crippen LogP contribution in [0.15, 0.2) is 18.2 Å². The Morgan fingerprint density at radius 1 is 0.974 bits per heavy atom. The highest BCUT2D eigenvalue weighted by atomic mass is 16.8. The number of carbonyl (C=O) groups excluding carboxylic acids is 1. The van der Waals surface area contributed by atoms with Crippen LogP contribution in [-0.4, -0.2) is 136 Å². The molecule has 214 valence electrons. The fraction of sp³-hybridized carbons (Fsp3) is 0.609. The minimum Gasteiger partial charge on any atom is -0.502 e. The molecule has 0 unspecified atom stereocenters. The summed E-state index contributed by atoms with van der Waals surface area (Å²) in [6, 6.07) is 2.87. The SMILES string of the molecule is COc1cc(C=CC(=O)OC[C@H]2O[C@H](O[C@]3(CO)O[C@H](CO)[C@@H](O)[C@@H]3O)[C@H](O)[C@@H](O)[C@@H]2O)cc(OC)c1O. The van der Waals surface area contributed by atoms with Crippen molar-refractivity contribution in [3.63, 3.8) is 0 Å². The fourth-order valence-electron chi connectivity index (χ4n) is 4.00. The van der Waals surface area contributed by atoms with Crippen LogP contribution in [0.3, 0.4) is 0 Å². The maximum Gasteiger partial charge on any atom is 0.330 e. The largest absolute Gasteiger partial charge is 0.502 e. The Bertz CT molecular complexity index is 961. The smallest absolute Gasteiger partial charge is 0.330 e. The Balaban J connectivity index is 1.66. The zero-order chi connectivity index (χ0) is 28.2. The van der Waals surface area contributed by atoms with Gasteiger partial charge in [0.15, 0.2) is 17.8 Å². The van der Waals surface area contributed by atoms with Crippen molar-refractivity contribution in [2.24, 2.45) is 0 Å². The molecule has 38 heavy (non-hydrogen) atoms. The van der Waals surface area contributed by atoms with Gasteiger partial charge in [-0.25, -0.2) is 4.79 Å².